The van der Waals surface area contributed by atoms with Crippen LogP contribution in [0.5, 0.6) is 5.75 Å². The lowest BCUT2D eigenvalue weighted by Gasteiger charge is -2.30. The zero-order valence-corrected chi connectivity index (χ0v) is 16.4. The van der Waals surface area contributed by atoms with Crippen LogP contribution in [0.4, 0.5) is 15.8 Å². The number of hydrogen-bond donors (Lipinski definition) is 1. The first-order chi connectivity index (χ1) is 12.4. The van der Waals surface area contributed by atoms with Crippen LogP contribution in [0, 0.1) is 5.82 Å². The van der Waals surface area contributed by atoms with E-state index in [2.05, 4.69) is 20.7 Å². The van der Waals surface area contributed by atoms with E-state index in [9.17, 15) is 12.8 Å². The topological polar surface area (TPSA) is 67.9 Å². The minimum atomic E-state index is -3.96. The van der Waals surface area contributed by atoms with E-state index in [4.69, 9.17) is 9.47 Å². The molecular weight excluding hydrogens is 427 g/mol. The first kappa shape index (κ1) is 18.9. The Morgan fingerprint density at radius 3 is 2.58 bits per heavy atom. The third kappa shape index (κ3) is 4.11. The summed E-state index contributed by atoms with van der Waals surface area (Å²) in [6, 6.07) is 8.89. The SMILES string of the molecule is COc1ccc(S(=O)(=O)Nc2cc(Br)ccc2N2CCOCC2)cc1F. The van der Waals surface area contributed by atoms with Gasteiger partial charge in [-0.15, -0.1) is 0 Å². The molecule has 0 spiro atoms. The van der Waals surface area contributed by atoms with Crippen LogP contribution in [-0.2, 0) is 14.8 Å². The molecule has 0 atom stereocenters. The van der Waals surface area contributed by atoms with Crippen molar-refractivity contribution in [2.24, 2.45) is 0 Å². The maximum Gasteiger partial charge on any atom is 0.262 e. The normalized spacial score (nSPS) is 15.0. The Bertz CT molecular complexity index is 902. The molecule has 1 fully saturated rings. The summed E-state index contributed by atoms with van der Waals surface area (Å²) < 4.78 is 52.8. The van der Waals surface area contributed by atoms with Crippen LogP contribution in [-0.4, -0.2) is 41.8 Å². The Morgan fingerprint density at radius 2 is 1.92 bits per heavy atom. The van der Waals surface area contributed by atoms with E-state index in [0.717, 1.165) is 16.2 Å². The summed E-state index contributed by atoms with van der Waals surface area (Å²) in [5, 5.41) is 0. The second kappa shape index (κ2) is 7.81. The quantitative estimate of drug-likeness (QED) is 0.766. The van der Waals surface area contributed by atoms with E-state index in [1.807, 2.05) is 17.0 Å². The number of nitrogens with one attached hydrogen (secondary N) is 1. The molecule has 0 saturated carbocycles. The van der Waals surface area contributed by atoms with Gasteiger partial charge in [0.25, 0.3) is 10.0 Å². The average Bonchev–Trinajstić information content (AvgIpc) is 2.62. The van der Waals surface area contributed by atoms with Crippen molar-refractivity contribution in [3.05, 3.63) is 46.7 Å². The summed E-state index contributed by atoms with van der Waals surface area (Å²) in [6.45, 7) is 2.47. The number of benzene rings is 2. The van der Waals surface area contributed by atoms with Crippen LogP contribution in [0.15, 0.2) is 45.8 Å². The molecule has 1 aliphatic rings. The van der Waals surface area contributed by atoms with Gasteiger partial charge in [0.2, 0.25) is 0 Å². The second-order valence-corrected chi connectivity index (χ2v) is 8.26. The van der Waals surface area contributed by atoms with E-state index < -0.39 is 15.8 Å². The van der Waals surface area contributed by atoms with Gasteiger partial charge in [0.1, 0.15) is 0 Å². The number of morpholine rings is 1. The number of rotatable bonds is 5. The van der Waals surface area contributed by atoms with Crippen molar-refractivity contribution in [3.8, 4) is 5.75 Å². The van der Waals surface area contributed by atoms with E-state index in [1.54, 1.807) is 6.07 Å². The van der Waals surface area contributed by atoms with Crippen molar-refractivity contribution in [1.29, 1.82) is 0 Å². The minimum absolute atomic E-state index is 0.0135. The van der Waals surface area contributed by atoms with Crippen LogP contribution >= 0.6 is 15.9 Å². The Labute approximate surface area is 160 Å². The van der Waals surface area contributed by atoms with Crippen molar-refractivity contribution >= 4 is 37.3 Å². The highest BCUT2D eigenvalue weighted by Crippen LogP contribution is 2.32. The Balaban J connectivity index is 1.94. The average molecular weight is 445 g/mol. The number of methoxy groups -OCH3 is 1. The van der Waals surface area contributed by atoms with Crippen LogP contribution in [0.25, 0.3) is 0 Å². The molecular formula is C17H18BrFN2O4S. The molecule has 26 heavy (non-hydrogen) atoms. The molecule has 1 aliphatic heterocycles. The molecule has 2 aromatic rings. The Hall–Kier alpha value is -1.84. The Kier molecular flexibility index (Phi) is 5.69. The highest BCUT2D eigenvalue weighted by atomic mass is 79.9. The predicted octanol–water partition coefficient (Wildman–Crippen LogP) is 3.23. The van der Waals surface area contributed by atoms with E-state index in [0.29, 0.717) is 32.0 Å². The van der Waals surface area contributed by atoms with E-state index >= 15 is 0 Å². The molecule has 9 heteroatoms. The summed E-state index contributed by atoms with van der Waals surface area (Å²) in [5.41, 5.74) is 1.16. The third-order valence-corrected chi connectivity index (χ3v) is 5.84. The van der Waals surface area contributed by atoms with Crippen molar-refractivity contribution in [1.82, 2.24) is 0 Å². The third-order valence-electron chi connectivity index (χ3n) is 3.99. The largest absolute Gasteiger partial charge is 0.494 e. The van der Waals surface area contributed by atoms with Gasteiger partial charge < -0.3 is 14.4 Å². The van der Waals surface area contributed by atoms with Crippen molar-refractivity contribution in [2.45, 2.75) is 4.90 Å². The predicted molar refractivity (Wildman–Crippen MR) is 101 cm³/mol. The highest BCUT2D eigenvalue weighted by molar-refractivity contribution is 9.10. The molecule has 0 aromatic heterocycles. The molecule has 0 unspecified atom stereocenters. The first-order valence-corrected chi connectivity index (χ1v) is 10.2. The lowest BCUT2D eigenvalue weighted by atomic mass is 10.2. The maximum atomic E-state index is 13.9. The molecule has 1 saturated heterocycles. The van der Waals surface area contributed by atoms with Gasteiger partial charge in [-0.25, -0.2) is 12.8 Å². The fourth-order valence-corrected chi connectivity index (χ4v) is 4.13. The van der Waals surface area contributed by atoms with Crippen LogP contribution in [0.2, 0.25) is 0 Å². The molecule has 0 bridgehead atoms. The molecule has 0 amide bonds. The molecule has 0 radical (unpaired) electrons. The van der Waals surface area contributed by atoms with Gasteiger partial charge in [-0.1, -0.05) is 15.9 Å². The second-order valence-electron chi connectivity index (χ2n) is 5.66. The summed E-state index contributed by atoms with van der Waals surface area (Å²) in [4.78, 5) is 1.87. The number of sulfonamides is 1. The van der Waals surface area contributed by atoms with Gasteiger partial charge in [0.15, 0.2) is 11.6 Å². The molecule has 2 aromatic carbocycles. The van der Waals surface area contributed by atoms with Crippen LogP contribution in [0.3, 0.4) is 0 Å². The molecule has 1 heterocycles. The number of anilines is 2. The number of halogens is 2. The lowest BCUT2D eigenvalue weighted by Crippen LogP contribution is -2.36. The molecule has 140 valence electrons. The van der Waals surface area contributed by atoms with Crippen molar-refractivity contribution < 1.29 is 22.3 Å². The molecule has 6 nitrogen and oxygen atoms in total. The summed E-state index contributed by atoms with van der Waals surface area (Å²) in [5.74, 6) is -0.751. The van der Waals surface area contributed by atoms with Crippen molar-refractivity contribution in [3.63, 3.8) is 0 Å². The Morgan fingerprint density at radius 1 is 1.19 bits per heavy atom. The van der Waals surface area contributed by atoms with E-state index in [-0.39, 0.29) is 10.6 Å². The smallest absolute Gasteiger partial charge is 0.262 e. The maximum absolute atomic E-state index is 13.9. The highest BCUT2D eigenvalue weighted by Gasteiger charge is 2.21. The minimum Gasteiger partial charge on any atom is -0.494 e. The van der Waals surface area contributed by atoms with E-state index in [1.165, 1.54) is 19.2 Å². The first-order valence-electron chi connectivity index (χ1n) is 7.89. The fourth-order valence-electron chi connectivity index (χ4n) is 2.69. The number of ether oxygens (including phenoxy) is 2. The van der Waals surface area contributed by atoms with Crippen molar-refractivity contribution in [2.75, 3.05) is 43.0 Å². The van der Waals surface area contributed by atoms with Gasteiger partial charge >= 0.3 is 0 Å². The van der Waals surface area contributed by atoms with Crippen LogP contribution < -0.4 is 14.4 Å². The monoisotopic (exact) mass is 444 g/mol. The number of hydrogen-bond acceptors (Lipinski definition) is 5. The summed E-state index contributed by atoms with van der Waals surface area (Å²) in [6.07, 6.45) is 0. The van der Waals surface area contributed by atoms with Gasteiger partial charge in [-0.05, 0) is 36.4 Å². The van der Waals surface area contributed by atoms with Crippen LogP contribution in [0.1, 0.15) is 0 Å². The standard InChI is InChI=1S/C17H18BrFN2O4S/c1-24-17-5-3-13(11-14(17)19)26(22,23)20-15-10-12(18)2-4-16(15)21-6-8-25-9-7-21/h2-5,10-11,20H,6-9H2,1H3. The molecule has 3 rings (SSSR count). The van der Waals surface area contributed by atoms with Gasteiger partial charge in [-0.2, -0.15) is 0 Å². The summed E-state index contributed by atoms with van der Waals surface area (Å²) in [7, 11) is -2.64. The zero-order chi connectivity index (χ0) is 18.7. The molecule has 1 N–H and O–H groups in total. The van der Waals surface area contributed by atoms with Gasteiger partial charge in [0, 0.05) is 17.6 Å². The number of nitrogens with zero attached hydrogens (tertiary/aromatic N) is 1. The van der Waals surface area contributed by atoms with Gasteiger partial charge in [-0.3, -0.25) is 4.72 Å². The molecule has 0 aliphatic carbocycles. The summed E-state index contributed by atoms with van der Waals surface area (Å²) >= 11 is 3.36. The fraction of sp³-hybridized carbons (Fsp3) is 0.294. The van der Waals surface area contributed by atoms with Gasteiger partial charge in [0.05, 0.1) is 36.6 Å². The lowest BCUT2D eigenvalue weighted by molar-refractivity contribution is 0.123. The zero-order valence-electron chi connectivity index (χ0n) is 14.0.